The Bertz CT molecular complexity index is 646. The minimum Gasteiger partial charge on any atom is -0.388 e. The van der Waals surface area contributed by atoms with Crippen LogP contribution in [0, 0.1) is 0 Å². The van der Waals surface area contributed by atoms with E-state index in [2.05, 4.69) is 61.2 Å². The van der Waals surface area contributed by atoms with Gasteiger partial charge in [0.1, 0.15) is 0 Å². The Morgan fingerprint density at radius 2 is 1.73 bits per heavy atom. The first-order valence-corrected chi connectivity index (χ1v) is 8.34. The summed E-state index contributed by atoms with van der Waals surface area (Å²) >= 11 is 0. The predicted molar refractivity (Wildman–Crippen MR) is 92.0 cm³/mol. The number of hydrogen-bond acceptors (Lipinski definition) is 2. The lowest BCUT2D eigenvalue weighted by Gasteiger charge is -2.20. The van der Waals surface area contributed by atoms with Crippen molar-refractivity contribution in [3.8, 4) is 11.1 Å². The first kappa shape index (κ1) is 15.3. The molecule has 0 spiro atoms. The largest absolute Gasteiger partial charge is 0.388 e. The van der Waals surface area contributed by atoms with Gasteiger partial charge in [-0.2, -0.15) is 0 Å². The van der Waals surface area contributed by atoms with Gasteiger partial charge in [-0.05, 0) is 53.7 Å². The van der Waals surface area contributed by atoms with Gasteiger partial charge >= 0.3 is 0 Å². The quantitative estimate of drug-likeness (QED) is 0.742. The normalized spacial score (nSPS) is 14.0. The van der Waals surface area contributed by atoms with Crippen LogP contribution < -0.4 is 0 Å². The second-order valence-corrected chi connectivity index (χ2v) is 6.08. The Hall–Kier alpha value is -1.64. The molecule has 0 fully saturated rings. The van der Waals surface area contributed by atoms with Crippen molar-refractivity contribution >= 4 is 0 Å². The number of hydrogen-bond donors (Lipinski definition) is 1. The van der Waals surface area contributed by atoms with E-state index in [-0.39, 0.29) is 6.10 Å². The van der Waals surface area contributed by atoms with Crippen LogP contribution in [0.3, 0.4) is 0 Å². The Morgan fingerprint density at radius 1 is 1.00 bits per heavy atom. The fourth-order valence-corrected chi connectivity index (χ4v) is 3.38. The van der Waals surface area contributed by atoms with Gasteiger partial charge in [0.2, 0.25) is 0 Å². The Kier molecular flexibility index (Phi) is 4.60. The number of fused-ring (bicyclic) bond motifs is 3. The summed E-state index contributed by atoms with van der Waals surface area (Å²) in [6.45, 7) is 7.38. The Labute approximate surface area is 133 Å². The van der Waals surface area contributed by atoms with E-state index in [1.165, 1.54) is 22.3 Å². The third-order valence-electron chi connectivity index (χ3n) is 4.82. The number of aliphatic hydroxyl groups excluding tert-OH is 1. The van der Waals surface area contributed by atoms with Gasteiger partial charge in [0.25, 0.3) is 0 Å². The fraction of sp³-hybridized carbons (Fsp3) is 0.400. The number of rotatable bonds is 6. The zero-order valence-electron chi connectivity index (χ0n) is 13.5. The SMILES string of the molecule is CCN(CC)CCC(O)c1ccc2c(c1)Cc1ccccc1-2. The van der Waals surface area contributed by atoms with Gasteiger partial charge < -0.3 is 10.0 Å². The van der Waals surface area contributed by atoms with Gasteiger partial charge in [-0.15, -0.1) is 0 Å². The molecule has 0 aliphatic heterocycles. The van der Waals surface area contributed by atoms with Crippen LogP contribution in [-0.2, 0) is 6.42 Å². The molecule has 2 nitrogen and oxygen atoms in total. The lowest BCUT2D eigenvalue weighted by molar-refractivity contribution is 0.145. The summed E-state index contributed by atoms with van der Waals surface area (Å²) in [6.07, 6.45) is 1.42. The van der Waals surface area contributed by atoms with Gasteiger partial charge in [0.15, 0.2) is 0 Å². The lowest BCUT2D eigenvalue weighted by Crippen LogP contribution is -2.25. The molecule has 1 aliphatic rings. The van der Waals surface area contributed by atoms with Gasteiger partial charge in [0, 0.05) is 6.54 Å². The lowest BCUT2D eigenvalue weighted by atomic mass is 9.99. The average molecular weight is 295 g/mol. The summed E-state index contributed by atoms with van der Waals surface area (Å²) < 4.78 is 0. The van der Waals surface area contributed by atoms with E-state index in [0.29, 0.717) is 0 Å². The van der Waals surface area contributed by atoms with E-state index in [1.807, 2.05) is 0 Å². The molecule has 1 aliphatic carbocycles. The molecule has 0 amide bonds. The molecule has 1 unspecified atom stereocenters. The molecule has 2 aromatic rings. The molecule has 1 N–H and O–H groups in total. The summed E-state index contributed by atoms with van der Waals surface area (Å²) in [6, 6.07) is 15.1. The average Bonchev–Trinajstić information content (AvgIpc) is 2.93. The molecule has 22 heavy (non-hydrogen) atoms. The van der Waals surface area contributed by atoms with Crippen molar-refractivity contribution < 1.29 is 5.11 Å². The van der Waals surface area contributed by atoms with Gasteiger partial charge in [-0.1, -0.05) is 56.3 Å². The van der Waals surface area contributed by atoms with Gasteiger partial charge in [-0.25, -0.2) is 0 Å². The molecule has 116 valence electrons. The highest BCUT2D eigenvalue weighted by Crippen LogP contribution is 2.37. The fourth-order valence-electron chi connectivity index (χ4n) is 3.38. The summed E-state index contributed by atoms with van der Waals surface area (Å²) in [4.78, 5) is 2.35. The number of aliphatic hydroxyl groups is 1. The number of nitrogens with zero attached hydrogens (tertiary/aromatic N) is 1. The van der Waals surface area contributed by atoms with Crippen molar-refractivity contribution in [2.75, 3.05) is 19.6 Å². The van der Waals surface area contributed by atoms with Crippen LogP contribution in [0.25, 0.3) is 11.1 Å². The van der Waals surface area contributed by atoms with E-state index in [0.717, 1.165) is 38.0 Å². The standard InChI is InChI=1S/C20H25NO/c1-3-21(4-2)12-11-20(22)16-9-10-19-17(14-16)13-15-7-5-6-8-18(15)19/h5-10,14,20,22H,3-4,11-13H2,1-2H3. The van der Waals surface area contributed by atoms with Crippen LogP contribution in [0.4, 0.5) is 0 Å². The first-order chi connectivity index (χ1) is 10.7. The molecule has 2 aromatic carbocycles. The number of benzene rings is 2. The molecule has 0 heterocycles. The molecule has 0 radical (unpaired) electrons. The third kappa shape index (κ3) is 2.94. The van der Waals surface area contributed by atoms with E-state index in [9.17, 15) is 5.11 Å². The van der Waals surface area contributed by atoms with Crippen molar-refractivity contribution in [1.82, 2.24) is 4.90 Å². The smallest absolute Gasteiger partial charge is 0.0802 e. The zero-order chi connectivity index (χ0) is 15.5. The highest BCUT2D eigenvalue weighted by molar-refractivity contribution is 5.76. The molecule has 0 aromatic heterocycles. The van der Waals surface area contributed by atoms with E-state index < -0.39 is 0 Å². The first-order valence-electron chi connectivity index (χ1n) is 8.34. The Morgan fingerprint density at radius 3 is 2.50 bits per heavy atom. The molecule has 0 bridgehead atoms. The maximum absolute atomic E-state index is 10.5. The predicted octanol–water partition coefficient (Wildman–Crippen LogP) is 4.02. The monoisotopic (exact) mass is 295 g/mol. The zero-order valence-corrected chi connectivity index (χ0v) is 13.5. The topological polar surface area (TPSA) is 23.5 Å². The van der Waals surface area contributed by atoms with Crippen molar-refractivity contribution in [1.29, 1.82) is 0 Å². The summed E-state index contributed by atoms with van der Waals surface area (Å²) in [5.41, 5.74) is 6.48. The van der Waals surface area contributed by atoms with Gasteiger partial charge in [-0.3, -0.25) is 0 Å². The van der Waals surface area contributed by atoms with Crippen molar-refractivity contribution in [2.24, 2.45) is 0 Å². The van der Waals surface area contributed by atoms with E-state index >= 15 is 0 Å². The molecule has 1 atom stereocenters. The van der Waals surface area contributed by atoms with Crippen molar-refractivity contribution in [2.45, 2.75) is 32.8 Å². The second kappa shape index (κ2) is 6.64. The minimum absolute atomic E-state index is 0.366. The van der Waals surface area contributed by atoms with Crippen LogP contribution in [0.15, 0.2) is 42.5 Å². The Balaban J connectivity index is 1.74. The highest BCUT2D eigenvalue weighted by atomic mass is 16.3. The molecular formula is C20H25NO. The van der Waals surface area contributed by atoms with Gasteiger partial charge in [0.05, 0.1) is 6.10 Å². The summed E-state index contributed by atoms with van der Waals surface area (Å²) in [7, 11) is 0. The summed E-state index contributed by atoms with van der Waals surface area (Å²) in [5.74, 6) is 0. The van der Waals surface area contributed by atoms with E-state index in [4.69, 9.17) is 0 Å². The highest BCUT2D eigenvalue weighted by Gasteiger charge is 2.19. The van der Waals surface area contributed by atoms with Crippen LogP contribution in [0.5, 0.6) is 0 Å². The van der Waals surface area contributed by atoms with Crippen LogP contribution in [0.1, 0.15) is 43.1 Å². The maximum atomic E-state index is 10.5. The maximum Gasteiger partial charge on any atom is 0.0802 e. The second-order valence-electron chi connectivity index (χ2n) is 6.08. The van der Waals surface area contributed by atoms with E-state index in [1.54, 1.807) is 0 Å². The molecular weight excluding hydrogens is 270 g/mol. The van der Waals surface area contributed by atoms with Crippen LogP contribution in [-0.4, -0.2) is 29.6 Å². The van der Waals surface area contributed by atoms with Crippen molar-refractivity contribution in [3.63, 3.8) is 0 Å². The molecule has 3 rings (SSSR count). The summed E-state index contributed by atoms with van der Waals surface area (Å²) in [5, 5.41) is 10.5. The third-order valence-corrected chi connectivity index (χ3v) is 4.82. The molecule has 2 heteroatoms. The van der Waals surface area contributed by atoms with Crippen LogP contribution >= 0.6 is 0 Å². The molecule has 0 saturated carbocycles. The minimum atomic E-state index is -0.366. The van der Waals surface area contributed by atoms with Crippen LogP contribution in [0.2, 0.25) is 0 Å². The van der Waals surface area contributed by atoms with Crippen molar-refractivity contribution in [3.05, 3.63) is 59.2 Å². The molecule has 0 saturated heterocycles.